The molecule has 51 heavy (non-hydrogen) atoms. The molecular weight excluding hydrogens is 898 g/mol. The van der Waals surface area contributed by atoms with E-state index in [1.54, 1.807) is 49.1 Å². The van der Waals surface area contributed by atoms with Crippen LogP contribution in [0.15, 0.2) is 71.6 Å². The topological polar surface area (TPSA) is 136 Å². The summed E-state index contributed by atoms with van der Waals surface area (Å²) in [7, 11) is 5.01. The van der Waals surface area contributed by atoms with Crippen LogP contribution in [0.2, 0.25) is 0 Å². The second kappa shape index (κ2) is 19.0. The van der Waals surface area contributed by atoms with Crippen LogP contribution in [0.1, 0.15) is 46.7 Å². The third-order valence-corrected chi connectivity index (χ3v) is 17.1. The second-order valence-electron chi connectivity index (χ2n) is 13.3. The molecule has 0 spiro atoms. The molecule has 3 unspecified atom stereocenters. The number of hydrogen-bond acceptors (Lipinski definition) is 9. The van der Waals surface area contributed by atoms with Gasteiger partial charge in [0.15, 0.2) is 0 Å². The van der Waals surface area contributed by atoms with Crippen molar-refractivity contribution in [3.05, 3.63) is 83.6 Å². The second-order valence-corrected chi connectivity index (χ2v) is 20.3. The van der Waals surface area contributed by atoms with Crippen LogP contribution in [-0.2, 0) is 14.5 Å². The van der Waals surface area contributed by atoms with Gasteiger partial charge < -0.3 is 0 Å². The van der Waals surface area contributed by atoms with Crippen molar-refractivity contribution in [3.63, 3.8) is 0 Å². The maximum absolute atomic E-state index is 14.2. The molecule has 0 bridgehead atoms. The molecule has 1 aromatic heterocycles. The van der Waals surface area contributed by atoms with Crippen LogP contribution in [0.5, 0.6) is 5.75 Å². The Morgan fingerprint density at radius 1 is 1.06 bits per heavy atom. The van der Waals surface area contributed by atoms with E-state index in [4.69, 9.17) is 4.74 Å². The number of hydrogen-bond donors (Lipinski definition) is 2. The van der Waals surface area contributed by atoms with Gasteiger partial charge in [-0.1, -0.05) is 0 Å². The van der Waals surface area contributed by atoms with Crippen LogP contribution in [0.4, 0.5) is 5.82 Å². The monoisotopic (exact) mass is 948 g/mol. The zero-order chi connectivity index (χ0) is 37.3. The summed E-state index contributed by atoms with van der Waals surface area (Å²) in [4.78, 5) is 38.2. The van der Waals surface area contributed by atoms with Crippen molar-refractivity contribution in [1.29, 1.82) is 0 Å². The predicted molar refractivity (Wildman–Crippen MR) is 191 cm³/mol. The molecule has 12 nitrogen and oxygen atoms in total. The number of alkyl halides is 3. The van der Waals surface area contributed by atoms with Crippen molar-refractivity contribution >= 4 is 27.7 Å². The Morgan fingerprint density at radius 2 is 1.75 bits per heavy atom. The average molecular weight is 949 g/mol. The van der Waals surface area contributed by atoms with E-state index in [9.17, 15) is 21.4 Å². The Hall–Kier alpha value is -2.58. The summed E-state index contributed by atoms with van der Waals surface area (Å²) in [6.07, 6.45) is 0.861. The van der Waals surface area contributed by atoms with E-state index in [-0.39, 0.29) is 47.1 Å². The molecule has 1 aliphatic rings. The number of likely N-dealkylation sites (N-methyl/N-ethyl adjacent to an activating group) is 2. The standard InChI is InChI=1S/C36H50I2N6O6S/c1-25(2)22-44(51(48,49)30-15-13-29(50-7)14-16-30)24-31(38-47)34(37-21-26-11-9-8-10-12-26)40-35(45)27-19-32(39-33(20-27)41(3)4)36(46)43(6)28-17-18-42(5)23-28/h8-16,19-20,25,28,31,34,47H,17-18,21-24H2,1-7H3,(H,40,45)/q-2. The summed E-state index contributed by atoms with van der Waals surface area (Å²) >= 11 is -2.34. The Balaban J connectivity index is 1.66. The average Bonchev–Trinajstić information content (AvgIpc) is 3.57. The van der Waals surface area contributed by atoms with Gasteiger partial charge in [0.05, 0.1) is 0 Å². The number of ether oxygens (including phenoxy) is 1. The van der Waals surface area contributed by atoms with Gasteiger partial charge in [0.1, 0.15) is 0 Å². The number of halogens is 2. The van der Waals surface area contributed by atoms with Gasteiger partial charge in [0, 0.05) is 0 Å². The fourth-order valence-corrected chi connectivity index (χ4v) is 13.6. The Morgan fingerprint density at radius 3 is 2.31 bits per heavy atom. The molecule has 2 aromatic carbocycles. The maximum atomic E-state index is 14.2. The number of nitrogens with one attached hydrogen (secondary N) is 1. The number of carbonyl (C=O) groups excluding carboxylic acids is 2. The fraction of sp³-hybridized carbons (Fsp3) is 0.472. The van der Waals surface area contributed by atoms with Gasteiger partial charge in [0.25, 0.3) is 0 Å². The zero-order valence-corrected chi connectivity index (χ0v) is 35.4. The Kier molecular flexibility index (Phi) is 15.3. The number of sulfonamides is 1. The summed E-state index contributed by atoms with van der Waals surface area (Å²) in [5.74, 6) is 0.383. The van der Waals surface area contributed by atoms with Gasteiger partial charge in [-0.05, 0) is 0 Å². The molecule has 0 saturated carbocycles. The van der Waals surface area contributed by atoms with E-state index in [1.165, 1.54) is 29.6 Å². The number of methoxy groups -OCH3 is 1. The number of anilines is 1. The van der Waals surface area contributed by atoms with Crippen LogP contribution < -0.4 is 57.8 Å². The number of aromatic nitrogens is 1. The zero-order valence-electron chi connectivity index (χ0n) is 30.3. The molecule has 1 aliphatic heterocycles. The van der Waals surface area contributed by atoms with Crippen molar-refractivity contribution < 1.29 is 69.0 Å². The third-order valence-electron chi connectivity index (χ3n) is 8.58. The quantitative estimate of drug-likeness (QED) is 0.0826. The number of benzene rings is 2. The number of amides is 2. The SMILES string of the molecule is COc1ccc(S(=O)(=O)N(CC(C)C)CC([I-]O)C(NC(=O)c2cc(C(=O)N(C)C3CCN(C)C3)nc(N(C)C)c2)[I-]Cc2ccccc2)cc1. The molecule has 1 fully saturated rings. The van der Waals surface area contributed by atoms with Crippen molar-refractivity contribution in [2.24, 2.45) is 5.92 Å². The van der Waals surface area contributed by atoms with Gasteiger partial charge in [-0.15, -0.1) is 0 Å². The molecule has 4 rings (SSSR count). The first-order valence-electron chi connectivity index (χ1n) is 16.7. The number of rotatable bonds is 17. The molecule has 0 aliphatic carbocycles. The summed E-state index contributed by atoms with van der Waals surface area (Å²) in [5.41, 5.74) is 1.57. The number of carbonyl (C=O) groups is 2. The molecule has 2 N–H and O–H groups in total. The van der Waals surface area contributed by atoms with E-state index in [0.29, 0.717) is 16.0 Å². The first kappa shape index (κ1) is 41.2. The minimum absolute atomic E-state index is 0.0163. The molecule has 0 radical (unpaired) electrons. The summed E-state index contributed by atoms with van der Waals surface area (Å²) < 4.78 is 45.4. The van der Waals surface area contributed by atoms with Crippen LogP contribution in [0, 0.1) is 5.92 Å². The van der Waals surface area contributed by atoms with Gasteiger partial charge in [-0.2, -0.15) is 0 Å². The molecule has 3 atom stereocenters. The molecule has 2 amide bonds. The van der Waals surface area contributed by atoms with Crippen LogP contribution in [0.3, 0.4) is 0 Å². The molecular formula is C36H50I2N6O6S-2. The molecule has 3 aromatic rings. The van der Waals surface area contributed by atoms with Gasteiger partial charge in [0.2, 0.25) is 0 Å². The predicted octanol–water partition coefficient (Wildman–Crippen LogP) is -3.01. The normalized spacial score (nSPS) is 16.4. The molecule has 15 heteroatoms. The van der Waals surface area contributed by atoms with Crippen LogP contribution in [0.25, 0.3) is 0 Å². The van der Waals surface area contributed by atoms with Crippen LogP contribution in [-0.4, -0.2) is 118 Å². The van der Waals surface area contributed by atoms with E-state index in [0.717, 1.165) is 25.1 Å². The minimum atomic E-state index is -3.93. The van der Waals surface area contributed by atoms with Crippen molar-refractivity contribution in [2.45, 2.75) is 43.6 Å². The van der Waals surface area contributed by atoms with Crippen molar-refractivity contribution in [1.82, 2.24) is 24.4 Å². The van der Waals surface area contributed by atoms with Crippen LogP contribution >= 0.6 is 0 Å². The van der Waals surface area contributed by atoms with Crippen molar-refractivity contribution in [2.75, 3.05) is 66.4 Å². The number of nitrogens with zero attached hydrogens (tertiary/aromatic N) is 5. The van der Waals surface area contributed by atoms with Gasteiger partial charge >= 0.3 is 326 Å². The molecule has 282 valence electrons. The van der Waals surface area contributed by atoms with E-state index in [2.05, 4.69) is 15.2 Å². The van der Waals surface area contributed by atoms with Gasteiger partial charge in [-0.3, -0.25) is 0 Å². The molecule has 2 heterocycles. The summed E-state index contributed by atoms with van der Waals surface area (Å²) in [6, 6.07) is 19.5. The molecule has 1 saturated heterocycles. The first-order valence-corrected chi connectivity index (χ1v) is 23.1. The van der Waals surface area contributed by atoms with E-state index < -0.39 is 66.7 Å². The van der Waals surface area contributed by atoms with Crippen molar-refractivity contribution in [3.8, 4) is 5.75 Å². The summed E-state index contributed by atoms with van der Waals surface area (Å²) in [5, 5.41) is 3.20. The number of pyridine rings is 1. The van der Waals surface area contributed by atoms with Gasteiger partial charge in [-0.25, -0.2) is 0 Å². The fourth-order valence-electron chi connectivity index (χ4n) is 5.68. The van der Waals surface area contributed by atoms with E-state index >= 15 is 0 Å². The summed E-state index contributed by atoms with van der Waals surface area (Å²) in [6.45, 7) is 5.88. The Bertz CT molecular complexity index is 1710. The Labute approximate surface area is 324 Å². The first-order chi connectivity index (χ1) is 24.2. The van der Waals surface area contributed by atoms with E-state index in [1.807, 2.05) is 51.2 Å². The third kappa shape index (κ3) is 11.2. The number of likely N-dealkylation sites (tertiary alicyclic amines) is 1.